The Bertz CT molecular complexity index is 669. The minimum Gasteiger partial charge on any atom is -0.481 e. The monoisotopic (exact) mass is 335 g/mol. The van der Waals surface area contributed by atoms with Crippen molar-refractivity contribution in [1.29, 1.82) is 0 Å². The lowest BCUT2D eigenvalue weighted by Gasteiger charge is -2.35. The van der Waals surface area contributed by atoms with Crippen LogP contribution in [-0.4, -0.2) is 36.9 Å². The van der Waals surface area contributed by atoms with Gasteiger partial charge in [-0.15, -0.1) is 0 Å². The molecule has 21 heavy (non-hydrogen) atoms. The van der Waals surface area contributed by atoms with Crippen molar-refractivity contribution in [2.24, 2.45) is 5.41 Å². The third-order valence-corrected chi connectivity index (χ3v) is 6.08. The highest BCUT2D eigenvalue weighted by Gasteiger charge is 2.41. The highest BCUT2D eigenvalue weighted by Crippen LogP contribution is 2.34. The van der Waals surface area contributed by atoms with E-state index < -0.39 is 32.1 Å². The van der Waals surface area contributed by atoms with Crippen molar-refractivity contribution in [3.63, 3.8) is 0 Å². The van der Waals surface area contributed by atoms with E-state index in [1.54, 1.807) is 6.92 Å². The fraction of sp³-hybridized carbons (Fsp3) is 0.462. The minimum atomic E-state index is -4.01. The average molecular weight is 336 g/mol. The van der Waals surface area contributed by atoms with Gasteiger partial charge in [-0.1, -0.05) is 17.7 Å². The highest BCUT2D eigenvalue weighted by atomic mass is 35.5. The summed E-state index contributed by atoms with van der Waals surface area (Å²) < 4.78 is 39.8. The molecule has 1 aliphatic rings. The average Bonchev–Trinajstić information content (AvgIpc) is 2.42. The van der Waals surface area contributed by atoms with Gasteiger partial charge in [-0.3, -0.25) is 4.79 Å². The van der Waals surface area contributed by atoms with Gasteiger partial charge in [0.15, 0.2) is 5.82 Å². The minimum absolute atomic E-state index is 0.0388. The van der Waals surface area contributed by atoms with Crippen LogP contribution in [0.15, 0.2) is 23.1 Å². The predicted octanol–water partition coefficient (Wildman–Crippen LogP) is 2.35. The summed E-state index contributed by atoms with van der Waals surface area (Å²) in [7, 11) is -4.01. The van der Waals surface area contributed by atoms with Gasteiger partial charge in [-0.2, -0.15) is 4.31 Å². The van der Waals surface area contributed by atoms with E-state index in [0.29, 0.717) is 0 Å². The lowest BCUT2D eigenvalue weighted by Crippen LogP contribution is -2.45. The normalized spacial score (nSPS) is 19.4. The molecule has 1 aliphatic heterocycles. The van der Waals surface area contributed by atoms with Crippen molar-refractivity contribution in [3.05, 3.63) is 29.0 Å². The van der Waals surface area contributed by atoms with Crippen LogP contribution in [0.1, 0.15) is 19.8 Å². The summed E-state index contributed by atoms with van der Waals surface area (Å²) in [5, 5.41) is 8.88. The van der Waals surface area contributed by atoms with E-state index >= 15 is 0 Å². The number of aliphatic carboxylic acids is 1. The summed E-state index contributed by atoms with van der Waals surface area (Å²) in [6.45, 7) is 1.66. The maximum Gasteiger partial charge on any atom is 0.309 e. The molecule has 0 bridgehead atoms. The molecule has 0 atom stereocenters. The summed E-state index contributed by atoms with van der Waals surface area (Å²) in [5.41, 5.74) is -0.946. The number of halogens is 2. The molecule has 1 N–H and O–H groups in total. The van der Waals surface area contributed by atoms with E-state index in [2.05, 4.69) is 0 Å². The molecular weight excluding hydrogens is 321 g/mol. The molecule has 0 amide bonds. The third-order valence-electron chi connectivity index (χ3n) is 3.88. The largest absolute Gasteiger partial charge is 0.481 e. The molecule has 1 heterocycles. The predicted molar refractivity (Wildman–Crippen MR) is 75.1 cm³/mol. The number of hydrogen-bond donors (Lipinski definition) is 1. The van der Waals surface area contributed by atoms with E-state index in [4.69, 9.17) is 16.7 Å². The maximum absolute atomic E-state index is 13.9. The number of piperidine rings is 1. The molecule has 0 saturated carbocycles. The van der Waals surface area contributed by atoms with E-state index in [9.17, 15) is 17.6 Å². The SMILES string of the molecule is CC1(C(=O)O)CCN(S(=O)(=O)c2cccc(Cl)c2F)CC1. The van der Waals surface area contributed by atoms with E-state index in [-0.39, 0.29) is 31.0 Å². The van der Waals surface area contributed by atoms with Crippen LogP contribution in [0.2, 0.25) is 5.02 Å². The lowest BCUT2D eigenvalue weighted by atomic mass is 9.81. The number of carboxylic acids is 1. The molecule has 0 aromatic heterocycles. The zero-order chi connectivity index (χ0) is 15.8. The number of benzene rings is 1. The molecule has 1 saturated heterocycles. The standard InChI is InChI=1S/C13H15ClFNO4S/c1-13(12(17)18)5-7-16(8-6-13)21(19,20)10-4-2-3-9(14)11(10)15/h2-4H,5-8H2,1H3,(H,17,18). The van der Waals surface area contributed by atoms with Crippen molar-refractivity contribution in [2.75, 3.05) is 13.1 Å². The second kappa shape index (κ2) is 5.55. The smallest absolute Gasteiger partial charge is 0.309 e. The number of hydrogen-bond acceptors (Lipinski definition) is 3. The van der Waals surface area contributed by atoms with E-state index in [1.165, 1.54) is 12.1 Å². The zero-order valence-corrected chi connectivity index (χ0v) is 12.9. The van der Waals surface area contributed by atoms with Crippen LogP contribution in [0.5, 0.6) is 0 Å². The molecule has 5 nitrogen and oxygen atoms in total. The number of carboxylic acid groups (broad SMARTS) is 1. The highest BCUT2D eigenvalue weighted by molar-refractivity contribution is 7.89. The lowest BCUT2D eigenvalue weighted by molar-refractivity contribution is -0.150. The molecule has 8 heteroatoms. The third kappa shape index (κ3) is 2.90. The van der Waals surface area contributed by atoms with Crippen LogP contribution in [0.25, 0.3) is 0 Å². The quantitative estimate of drug-likeness (QED) is 0.920. The molecule has 0 unspecified atom stereocenters. The van der Waals surface area contributed by atoms with Crippen molar-refractivity contribution >= 4 is 27.6 Å². The Hall–Kier alpha value is -1.18. The molecule has 0 radical (unpaired) electrons. The van der Waals surface area contributed by atoms with Gasteiger partial charge < -0.3 is 5.11 Å². The fourth-order valence-electron chi connectivity index (χ4n) is 2.26. The second-order valence-electron chi connectivity index (χ2n) is 5.32. The van der Waals surface area contributed by atoms with Gasteiger partial charge in [0.1, 0.15) is 4.90 Å². The van der Waals surface area contributed by atoms with Gasteiger partial charge in [0.25, 0.3) is 0 Å². The van der Waals surface area contributed by atoms with Crippen LogP contribution in [0.4, 0.5) is 4.39 Å². The molecule has 1 aromatic rings. The maximum atomic E-state index is 13.9. The first-order valence-electron chi connectivity index (χ1n) is 6.36. The zero-order valence-electron chi connectivity index (χ0n) is 11.3. The van der Waals surface area contributed by atoms with Crippen LogP contribution >= 0.6 is 11.6 Å². The number of sulfonamides is 1. The first kappa shape index (κ1) is 16.2. The summed E-state index contributed by atoms with van der Waals surface area (Å²) >= 11 is 5.61. The Morgan fingerprint density at radius 2 is 1.95 bits per heavy atom. The van der Waals surface area contributed by atoms with E-state index in [0.717, 1.165) is 10.4 Å². The molecule has 0 spiro atoms. The van der Waals surface area contributed by atoms with Gasteiger partial charge in [0.05, 0.1) is 10.4 Å². The van der Waals surface area contributed by atoms with Crippen molar-refractivity contribution in [2.45, 2.75) is 24.7 Å². The van der Waals surface area contributed by atoms with Gasteiger partial charge in [-0.25, -0.2) is 12.8 Å². The first-order chi connectivity index (χ1) is 9.68. The molecular formula is C13H15ClFNO4S. The molecule has 2 rings (SSSR count). The fourth-order valence-corrected chi connectivity index (χ4v) is 4.02. The van der Waals surface area contributed by atoms with Crippen LogP contribution in [-0.2, 0) is 14.8 Å². The Labute approximate surface area is 127 Å². The topological polar surface area (TPSA) is 74.7 Å². The molecule has 1 aromatic carbocycles. The Kier molecular flexibility index (Phi) is 4.28. The van der Waals surface area contributed by atoms with Crippen LogP contribution in [0.3, 0.4) is 0 Å². The number of nitrogens with zero attached hydrogens (tertiary/aromatic N) is 1. The Balaban J connectivity index is 2.27. The molecule has 0 aliphatic carbocycles. The van der Waals surface area contributed by atoms with Crippen molar-refractivity contribution in [3.8, 4) is 0 Å². The van der Waals surface area contributed by atoms with Gasteiger partial charge in [0.2, 0.25) is 10.0 Å². The Morgan fingerprint density at radius 1 is 1.38 bits per heavy atom. The summed E-state index contributed by atoms with van der Waals surface area (Å²) in [4.78, 5) is 10.7. The number of rotatable bonds is 3. The van der Waals surface area contributed by atoms with Crippen molar-refractivity contribution in [1.82, 2.24) is 4.31 Å². The van der Waals surface area contributed by atoms with Crippen LogP contribution < -0.4 is 0 Å². The van der Waals surface area contributed by atoms with Gasteiger partial charge in [-0.05, 0) is 31.9 Å². The van der Waals surface area contributed by atoms with E-state index in [1.807, 2.05) is 0 Å². The Morgan fingerprint density at radius 3 is 2.48 bits per heavy atom. The van der Waals surface area contributed by atoms with Crippen LogP contribution in [0, 0.1) is 11.2 Å². The summed E-state index contributed by atoms with van der Waals surface area (Å²) in [6, 6.07) is 3.79. The molecule has 1 fully saturated rings. The number of carbonyl (C=O) groups is 1. The summed E-state index contributed by atoms with van der Waals surface area (Å²) in [6.07, 6.45) is 0.369. The van der Waals surface area contributed by atoms with Gasteiger partial charge >= 0.3 is 5.97 Å². The second-order valence-corrected chi connectivity index (χ2v) is 7.64. The van der Waals surface area contributed by atoms with Crippen molar-refractivity contribution < 1.29 is 22.7 Å². The first-order valence-corrected chi connectivity index (χ1v) is 8.18. The molecule has 116 valence electrons. The summed E-state index contributed by atoms with van der Waals surface area (Å²) in [5.74, 6) is -1.93. The van der Waals surface area contributed by atoms with Gasteiger partial charge in [0, 0.05) is 13.1 Å².